The van der Waals surface area contributed by atoms with Gasteiger partial charge in [0.1, 0.15) is 11.2 Å². The molecule has 0 spiro atoms. The Hall–Kier alpha value is -3.68. The quantitative estimate of drug-likeness (QED) is 0.445. The minimum absolute atomic E-state index is 0.225. The van der Waals surface area contributed by atoms with Crippen LogP contribution in [0.4, 0.5) is 21.0 Å². The first-order chi connectivity index (χ1) is 15.9. The second kappa shape index (κ2) is 11.0. The van der Waals surface area contributed by atoms with E-state index in [-0.39, 0.29) is 11.4 Å². The van der Waals surface area contributed by atoms with E-state index < -0.39 is 29.3 Å². The Morgan fingerprint density at radius 3 is 1.71 bits per heavy atom. The van der Waals surface area contributed by atoms with Crippen LogP contribution in [0.2, 0.25) is 0 Å². The van der Waals surface area contributed by atoms with Gasteiger partial charge in [0.25, 0.3) is 5.91 Å². The lowest BCUT2D eigenvalue weighted by Gasteiger charge is -2.29. The average Bonchev–Trinajstić information content (AvgIpc) is 2.80. The molecule has 0 aliphatic rings. The van der Waals surface area contributed by atoms with Gasteiger partial charge in [0.2, 0.25) is 6.41 Å². The van der Waals surface area contributed by atoms with Crippen LogP contribution in [0.15, 0.2) is 54.6 Å². The van der Waals surface area contributed by atoms with Gasteiger partial charge in [0.05, 0.1) is 11.4 Å². The highest BCUT2D eigenvalue weighted by atomic mass is 16.6. The molecule has 4 amide bonds. The van der Waals surface area contributed by atoms with Gasteiger partial charge in [-0.3, -0.25) is 9.59 Å². The Balaban J connectivity index is 2.40. The summed E-state index contributed by atoms with van der Waals surface area (Å²) in [6.45, 7) is 10.7. The van der Waals surface area contributed by atoms with Crippen LogP contribution in [-0.2, 0) is 14.3 Å². The van der Waals surface area contributed by atoms with Crippen molar-refractivity contribution < 1.29 is 28.7 Å². The lowest BCUT2D eigenvalue weighted by atomic mass is 10.1. The van der Waals surface area contributed by atoms with Gasteiger partial charge in [-0.1, -0.05) is 32.0 Å². The minimum atomic E-state index is -0.829. The highest BCUT2D eigenvalue weighted by Crippen LogP contribution is 2.26. The first-order valence-corrected chi connectivity index (χ1v) is 11.1. The summed E-state index contributed by atoms with van der Waals surface area (Å²) in [5, 5.41) is 0. The smallest absolute Gasteiger partial charge is 0.422 e. The molecule has 0 bridgehead atoms. The lowest BCUT2D eigenvalue weighted by Crippen LogP contribution is -2.42. The normalized spacial score (nSPS) is 11.4. The minimum Gasteiger partial charge on any atom is -0.443 e. The number of carbonyl (C=O) groups is 4. The van der Waals surface area contributed by atoms with Gasteiger partial charge in [-0.2, -0.15) is 0 Å². The topological polar surface area (TPSA) is 93.2 Å². The van der Waals surface area contributed by atoms with Crippen molar-refractivity contribution in [3.63, 3.8) is 0 Å². The summed E-state index contributed by atoms with van der Waals surface area (Å²) in [7, 11) is 0. The van der Waals surface area contributed by atoms with Crippen LogP contribution in [0.1, 0.15) is 64.7 Å². The summed E-state index contributed by atoms with van der Waals surface area (Å²) in [5.74, 6) is -0.568. The van der Waals surface area contributed by atoms with Crippen molar-refractivity contribution in [1.82, 2.24) is 0 Å². The third-order valence-corrected chi connectivity index (χ3v) is 5.52. The Bertz CT molecular complexity index is 1020. The molecular formula is C26H32N2O6. The average molecular weight is 469 g/mol. The molecule has 182 valence electrons. The highest BCUT2D eigenvalue weighted by Gasteiger charge is 2.31. The van der Waals surface area contributed by atoms with Crippen LogP contribution in [0, 0.1) is 0 Å². The zero-order chi connectivity index (χ0) is 25.5. The molecule has 0 N–H and O–H groups in total. The van der Waals surface area contributed by atoms with Gasteiger partial charge in [-0.05, 0) is 76.9 Å². The molecular weight excluding hydrogens is 436 g/mol. The molecule has 2 aromatic rings. The fraction of sp³-hybridized carbons (Fsp3) is 0.385. The molecule has 8 nitrogen and oxygen atoms in total. The second-order valence-electron chi connectivity index (χ2n) is 8.96. The van der Waals surface area contributed by atoms with Crippen molar-refractivity contribution in [2.75, 3.05) is 9.80 Å². The van der Waals surface area contributed by atoms with E-state index in [0.717, 1.165) is 9.80 Å². The van der Waals surface area contributed by atoms with Crippen LogP contribution in [0.25, 0.3) is 0 Å². The molecule has 34 heavy (non-hydrogen) atoms. The monoisotopic (exact) mass is 468 g/mol. The molecule has 0 aliphatic heterocycles. The maximum absolute atomic E-state index is 13.2. The summed E-state index contributed by atoms with van der Waals surface area (Å²) in [4.78, 5) is 52.1. The van der Waals surface area contributed by atoms with Gasteiger partial charge in [0.15, 0.2) is 0 Å². The predicted molar refractivity (Wildman–Crippen MR) is 130 cm³/mol. The zero-order valence-corrected chi connectivity index (χ0v) is 20.5. The van der Waals surface area contributed by atoms with E-state index in [9.17, 15) is 19.2 Å². The number of anilines is 2. The fourth-order valence-corrected chi connectivity index (χ4v) is 2.70. The van der Waals surface area contributed by atoms with Crippen molar-refractivity contribution in [2.45, 2.75) is 65.6 Å². The molecule has 0 saturated heterocycles. The molecule has 0 atom stereocenters. The van der Waals surface area contributed by atoms with E-state index in [1.807, 2.05) is 13.8 Å². The van der Waals surface area contributed by atoms with Crippen molar-refractivity contribution in [1.29, 1.82) is 0 Å². The molecule has 0 unspecified atom stereocenters. The maximum atomic E-state index is 13.2. The van der Waals surface area contributed by atoms with E-state index in [1.165, 1.54) is 24.3 Å². The lowest BCUT2D eigenvalue weighted by molar-refractivity contribution is -0.107. The van der Waals surface area contributed by atoms with E-state index in [2.05, 4.69) is 0 Å². The molecule has 0 saturated carbocycles. The second-order valence-corrected chi connectivity index (χ2v) is 8.96. The van der Waals surface area contributed by atoms with E-state index in [4.69, 9.17) is 9.47 Å². The third-order valence-electron chi connectivity index (χ3n) is 5.52. The number of rotatable bonds is 8. The number of imide groups is 2. The number of benzene rings is 2. The number of nitrogens with zero attached hydrogens (tertiary/aromatic N) is 2. The summed E-state index contributed by atoms with van der Waals surface area (Å²) in [5.41, 5.74) is -0.769. The third kappa shape index (κ3) is 6.66. The van der Waals surface area contributed by atoms with E-state index >= 15 is 0 Å². The largest absolute Gasteiger partial charge is 0.443 e. The number of carbonyl (C=O) groups excluding carboxylic acids is 4. The van der Waals surface area contributed by atoms with Crippen molar-refractivity contribution in [3.8, 4) is 0 Å². The number of hydrogen-bond acceptors (Lipinski definition) is 6. The molecule has 0 aromatic heterocycles. The van der Waals surface area contributed by atoms with Crippen LogP contribution in [0.5, 0.6) is 0 Å². The van der Waals surface area contributed by atoms with Gasteiger partial charge in [-0.25, -0.2) is 19.4 Å². The first-order valence-electron chi connectivity index (χ1n) is 11.1. The molecule has 8 heteroatoms. The summed E-state index contributed by atoms with van der Waals surface area (Å²) >= 11 is 0. The maximum Gasteiger partial charge on any atom is 0.422 e. The Kier molecular flexibility index (Phi) is 8.57. The number of hydrogen-bond donors (Lipinski definition) is 0. The Labute approximate surface area is 200 Å². The van der Waals surface area contributed by atoms with Crippen LogP contribution >= 0.6 is 0 Å². The molecule has 2 aromatic carbocycles. The van der Waals surface area contributed by atoms with Gasteiger partial charge >= 0.3 is 12.2 Å². The molecule has 0 heterocycles. The fourth-order valence-electron chi connectivity index (χ4n) is 2.70. The standard InChI is InChI=1S/C26H32N2O6/c1-7-25(3,4)33-23(31)27(18-29)20-14-16-21(17-15-20)28(24(32)34-26(5,6)8-2)22(30)19-12-10-9-11-13-19/h9-18H,7-8H2,1-6H3. The van der Waals surface area contributed by atoms with Gasteiger partial charge < -0.3 is 9.47 Å². The van der Waals surface area contributed by atoms with Gasteiger partial charge in [0, 0.05) is 5.56 Å². The highest BCUT2D eigenvalue weighted by molar-refractivity contribution is 6.19. The predicted octanol–water partition coefficient (Wildman–Crippen LogP) is 5.95. The molecule has 0 fully saturated rings. The number of ether oxygens (including phenoxy) is 2. The summed E-state index contributed by atoms with van der Waals surface area (Å²) < 4.78 is 11.0. The molecule has 0 aliphatic carbocycles. The number of amides is 4. The van der Waals surface area contributed by atoms with E-state index in [0.29, 0.717) is 24.8 Å². The molecule has 2 rings (SSSR count). The SMILES string of the molecule is CCC(C)(C)OC(=O)N(C=O)c1ccc(N(C(=O)OC(C)(C)CC)C(=O)c2ccccc2)cc1. The van der Waals surface area contributed by atoms with Crippen molar-refractivity contribution in [3.05, 3.63) is 60.2 Å². The zero-order valence-electron chi connectivity index (χ0n) is 20.5. The summed E-state index contributed by atoms with van der Waals surface area (Å²) in [6, 6.07) is 14.2. The van der Waals surface area contributed by atoms with Crippen molar-refractivity contribution in [2.24, 2.45) is 0 Å². The Morgan fingerprint density at radius 1 is 0.765 bits per heavy atom. The molecule has 0 radical (unpaired) electrons. The Morgan fingerprint density at radius 2 is 1.24 bits per heavy atom. The summed E-state index contributed by atoms with van der Waals surface area (Å²) in [6.07, 6.45) is -0.179. The van der Waals surface area contributed by atoms with E-state index in [1.54, 1.807) is 58.0 Å². The first kappa shape index (κ1) is 26.6. The van der Waals surface area contributed by atoms with Crippen LogP contribution in [-0.4, -0.2) is 35.7 Å². The van der Waals surface area contributed by atoms with Crippen LogP contribution in [0.3, 0.4) is 0 Å². The van der Waals surface area contributed by atoms with Crippen LogP contribution < -0.4 is 9.80 Å². The van der Waals surface area contributed by atoms with Crippen molar-refractivity contribution >= 4 is 35.9 Å². The van der Waals surface area contributed by atoms with Gasteiger partial charge in [-0.15, -0.1) is 0 Å².